The molecule has 2 aromatic heterocycles. The first-order valence-electron chi connectivity index (χ1n) is 6.61. The molecule has 1 aromatic carbocycles. The molecule has 1 amide bonds. The number of carbonyl (C=O) groups is 1. The molecule has 21 heavy (non-hydrogen) atoms. The summed E-state index contributed by atoms with van der Waals surface area (Å²) in [6.45, 7) is 1.34. The van der Waals surface area contributed by atoms with Crippen molar-refractivity contribution in [3.05, 3.63) is 23.8 Å². The monoisotopic (exact) mass is 284 g/mol. The summed E-state index contributed by atoms with van der Waals surface area (Å²) in [5.74, 6) is 0.365. The van der Waals surface area contributed by atoms with Crippen molar-refractivity contribution in [1.29, 1.82) is 0 Å². The Morgan fingerprint density at radius 3 is 3.00 bits per heavy atom. The Morgan fingerprint density at radius 1 is 1.19 bits per heavy atom. The lowest BCUT2D eigenvalue weighted by Gasteiger charge is -2.25. The van der Waals surface area contributed by atoms with E-state index in [0.717, 1.165) is 18.5 Å². The molecule has 0 N–H and O–H groups in total. The lowest BCUT2D eigenvalue weighted by Crippen LogP contribution is -2.38. The summed E-state index contributed by atoms with van der Waals surface area (Å²) < 4.78 is 3.31. The third-order valence-corrected chi connectivity index (χ3v) is 3.61. The first kappa shape index (κ1) is 11.9. The van der Waals surface area contributed by atoms with Crippen molar-refractivity contribution < 1.29 is 4.79 Å². The zero-order valence-corrected chi connectivity index (χ0v) is 11.3. The molecule has 0 aliphatic carbocycles. The predicted molar refractivity (Wildman–Crippen MR) is 72.6 cm³/mol. The highest BCUT2D eigenvalue weighted by molar-refractivity contribution is 6.06. The van der Waals surface area contributed by atoms with Gasteiger partial charge in [-0.25, -0.2) is 9.36 Å². The molecule has 0 saturated heterocycles. The molecule has 0 fully saturated rings. The van der Waals surface area contributed by atoms with Gasteiger partial charge in [-0.2, -0.15) is 0 Å². The van der Waals surface area contributed by atoms with E-state index in [4.69, 9.17) is 0 Å². The number of hydrogen-bond acceptors (Lipinski definition) is 6. The van der Waals surface area contributed by atoms with Crippen molar-refractivity contribution in [2.24, 2.45) is 7.05 Å². The number of amides is 1. The quantitative estimate of drug-likeness (QED) is 0.624. The normalized spacial score (nSPS) is 14.4. The van der Waals surface area contributed by atoms with E-state index in [-0.39, 0.29) is 5.91 Å². The second-order valence-electron chi connectivity index (χ2n) is 4.93. The summed E-state index contributed by atoms with van der Waals surface area (Å²) in [5.41, 5.74) is 2.13. The maximum absolute atomic E-state index is 12.7. The van der Waals surface area contributed by atoms with E-state index < -0.39 is 0 Å². The van der Waals surface area contributed by atoms with Gasteiger partial charge in [-0.1, -0.05) is 10.3 Å². The van der Waals surface area contributed by atoms with Gasteiger partial charge >= 0.3 is 0 Å². The Morgan fingerprint density at radius 2 is 2.10 bits per heavy atom. The largest absolute Gasteiger partial charge is 0.275 e. The number of aromatic nitrogens is 7. The molecule has 0 saturated carbocycles. The van der Waals surface area contributed by atoms with Crippen LogP contribution in [0.15, 0.2) is 18.2 Å². The summed E-state index contributed by atoms with van der Waals surface area (Å²) in [5, 5.41) is 19.4. The first-order valence-corrected chi connectivity index (χ1v) is 6.61. The Balaban J connectivity index is 1.74. The van der Waals surface area contributed by atoms with Crippen LogP contribution in [0.3, 0.4) is 0 Å². The Labute approximate surface area is 119 Å². The molecule has 0 bridgehead atoms. The Bertz CT molecular complexity index is 835. The number of rotatable bonds is 1. The number of tetrazole rings is 1. The molecule has 1 aliphatic rings. The molecule has 1 aliphatic heterocycles. The van der Waals surface area contributed by atoms with Gasteiger partial charge in [0.15, 0.2) is 0 Å². The fraction of sp³-hybridized carbons (Fsp3) is 0.333. The maximum atomic E-state index is 12.7. The fourth-order valence-electron chi connectivity index (χ4n) is 2.54. The van der Waals surface area contributed by atoms with Crippen molar-refractivity contribution in [3.63, 3.8) is 0 Å². The standard InChI is InChI=1S/C12H12N8O/c1-18-10-4-3-8(7-9(10)13-16-18)11(21)19-5-2-6-20-12(19)14-15-17-20/h3-4,7H,2,5-6H2,1H3. The van der Waals surface area contributed by atoms with Crippen LogP contribution in [0.2, 0.25) is 0 Å². The predicted octanol–water partition coefficient (Wildman–Crippen LogP) is 0.00530. The van der Waals surface area contributed by atoms with E-state index in [1.807, 2.05) is 13.1 Å². The number of nitrogens with zero attached hydrogens (tertiary/aromatic N) is 8. The molecule has 9 nitrogen and oxygen atoms in total. The number of fused-ring (bicyclic) bond motifs is 2. The highest BCUT2D eigenvalue weighted by Gasteiger charge is 2.26. The van der Waals surface area contributed by atoms with Gasteiger partial charge in [0.2, 0.25) is 0 Å². The van der Waals surface area contributed by atoms with E-state index in [1.54, 1.807) is 26.4 Å². The average Bonchev–Trinajstić information content (AvgIpc) is 3.13. The van der Waals surface area contributed by atoms with Gasteiger partial charge in [0.25, 0.3) is 11.9 Å². The summed E-state index contributed by atoms with van der Waals surface area (Å²) in [6.07, 6.45) is 0.831. The van der Waals surface area contributed by atoms with Crippen LogP contribution < -0.4 is 4.90 Å². The molecule has 106 valence electrons. The number of carbonyl (C=O) groups excluding carboxylic acids is 1. The molecule has 9 heteroatoms. The third kappa shape index (κ3) is 1.77. The Kier molecular flexibility index (Phi) is 2.46. The van der Waals surface area contributed by atoms with Crippen LogP contribution in [0.4, 0.5) is 5.95 Å². The molecule has 3 aromatic rings. The maximum Gasteiger partial charge on any atom is 0.260 e. The van der Waals surface area contributed by atoms with E-state index >= 15 is 0 Å². The van der Waals surface area contributed by atoms with E-state index in [2.05, 4.69) is 25.8 Å². The van der Waals surface area contributed by atoms with Gasteiger partial charge in [-0.05, 0) is 35.0 Å². The van der Waals surface area contributed by atoms with E-state index in [0.29, 0.717) is 23.6 Å². The molecular formula is C12H12N8O. The molecule has 4 rings (SSSR count). The van der Waals surface area contributed by atoms with Crippen LogP contribution in [0.5, 0.6) is 0 Å². The molecule has 0 radical (unpaired) electrons. The van der Waals surface area contributed by atoms with Gasteiger partial charge in [0, 0.05) is 25.7 Å². The third-order valence-electron chi connectivity index (χ3n) is 3.61. The second kappa shape index (κ2) is 4.33. The van der Waals surface area contributed by atoms with Crippen molar-refractivity contribution in [3.8, 4) is 0 Å². The molecule has 0 unspecified atom stereocenters. The molecular weight excluding hydrogens is 272 g/mol. The minimum atomic E-state index is -0.127. The van der Waals surface area contributed by atoms with E-state index in [9.17, 15) is 4.79 Å². The first-order chi connectivity index (χ1) is 10.2. The Hall–Kier alpha value is -2.84. The minimum Gasteiger partial charge on any atom is -0.275 e. The van der Waals surface area contributed by atoms with Crippen LogP contribution in [0, 0.1) is 0 Å². The topological polar surface area (TPSA) is 94.6 Å². The van der Waals surface area contributed by atoms with Crippen LogP contribution in [-0.2, 0) is 13.6 Å². The minimum absolute atomic E-state index is 0.127. The molecule has 0 spiro atoms. The SMILES string of the molecule is Cn1nnc2cc(C(=O)N3CCCn4nnnc43)ccc21. The number of aryl methyl sites for hydroxylation is 2. The van der Waals surface area contributed by atoms with Gasteiger partial charge in [0.05, 0.1) is 5.52 Å². The van der Waals surface area contributed by atoms with Crippen LogP contribution >= 0.6 is 0 Å². The van der Waals surface area contributed by atoms with Crippen molar-refractivity contribution in [1.82, 2.24) is 35.2 Å². The van der Waals surface area contributed by atoms with Gasteiger partial charge in [0.1, 0.15) is 5.52 Å². The second-order valence-corrected chi connectivity index (χ2v) is 4.93. The molecule has 3 heterocycles. The van der Waals surface area contributed by atoms with Crippen molar-refractivity contribution >= 4 is 22.9 Å². The number of anilines is 1. The van der Waals surface area contributed by atoms with Gasteiger partial charge in [-0.3, -0.25) is 9.69 Å². The van der Waals surface area contributed by atoms with Crippen molar-refractivity contribution in [2.45, 2.75) is 13.0 Å². The molecule has 0 atom stereocenters. The van der Waals surface area contributed by atoms with E-state index in [1.165, 1.54) is 0 Å². The number of hydrogen-bond donors (Lipinski definition) is 0. The van der Waals surface area contributed by atoms with Gasteiger partial charge < -0.3 is 0 Å². The summed E-state index contributed by atoms with van der Waals surface area (Å²) >= 11 is 0. The lowest BCUT2D eigenvalue weighted by molar-refractivity contribution is 0.0980. The highest BCUT2D eigenvalue weighted by atomic mass is 16.2. The zero-order valence-electron chi connectivity index (χ0n) is 11.3. The van der Waals surface area contributed by atoms with Crippen molar-refractivity contribution in [2.75, 3.05) is 11.4 Å². The fourth-order valence-corrected chi connectivity index (χ4v) is 2.54. The number of benzene rings is 1. The highest BCUT2D eigenvalue weighted by Crippen LogP contribution is 2.20. The summed E-state index contributed by atoms with van der Waals surface area (Å²) in [4.78, 5) is 14.3. The van der Waals surface area contributed by atoms with Crippen LogP contribution in [0.1, 0.15) is 16.8 Å². The summed E-state index contributed by atoms with van der Waals surface area (Å²) in [7, 11) is 1.82. The summed E-state index contributed by atoms with van der Waals surface area (Å²) in [6, 6.07) is 5.36. The lowest BCUT2D eigenvalue weighted by atomic mass is 10.1. The zero-order chi connectivity index (χ0) is 14.4. The average molecular weight is 284 g/mol. The van der Waals surface area contributed by atoms with Crippen LogP contribution in [0.25, 0.3) is 11.0 Å². The van der Waals surface area contributed by atoms with Crippen LogP contribution in [-0.4, -0.2) is 47.7 Å². The smallest absolute Gasteiger partial charge is 0.260 e. The van der Waals surface area contributed by atoms with Gasteiger partial charge in [-0.15, -0.1) is 5.10 Å².